The molecule has 2 aliphatic heterocycles. The fraction of sp³-hybridized carbons (Fsp3) is 1.00. The zero-order valence-electron chi connectivity index (χ0n) is 11.5. The van der Waals surface area contributed by atoms with Crippen LogP contribution in [-0.2, 0) is 4.74 Å². The minimum absolute atomic E-state index is 0. The lowest BCUT2D eigenvalue weighted by molar-refractivity contribution is 0.00902. The summed E-state index contributed by atoms with van der Waals surface area (Å²) >= 11 is 0. The lowest BCUT2D eigenvalue weighted by Crippen LogP contribution is -2.49. The van der Waals surface area contributed by atoms with Crippen molar-refractivity contribution in [3.8, 4) is 0 Å². The van der Waals surface area contributed by atoms with Crippen molar-refractivity contribution in [2.75, 3.05) is 19.7 Å². The van der Waals surface area contributed by atoms with Crippen molar-refractivity contribution in [1.82, 2.24) is 10.2 Å². The molecule has 3 nitrogen and oxygen atoms in total. The maximum atomic E-state index is 5.90. The Morgan fingerprint density at radius 1 is 1.35 bits per heavy atom. The minimum atomic E-state index is 0. The smallest absolute Gasteiger partial charge is 0.112 e. The number of piperidine rings is 1. The Hall–Kier alpha value is 0.170. The van der Waals surface area contributed by atoms with Crippen molar-refractivity contribution in [2.45, 2.75) is 58.3 Å². The van der Waals surface area contributed by atoms with E-state index in [4.69, 9.17) is 4.74 Å². The molecule has 2 unspecified atom stereocenters. The van der Waals surface area contributed by atoms with E-state index in [1.807, 2.05) is 0 Å². The second-order valence-electron chi connectivity index (χ2n) is 6.25. The monoisotopic (exact) mass is 262 g/mol. The van der Waals surface area contributed by atoms with Crippen LogP contribution in [0.5, 0.6) is 0 Å². The Kier molecular flexibility index (Phi) is 5.26. The first-order valence-corrected chi connectivity index (χ1v) is 6.61. The molecule has 0 radical (unpaired) electrons. The van der Waals surface area contributed by atoms with Crippen LogP contribution in [0.15, 0.2) is 0 Å². The van der Waals surface area contributed by atoms with E-state index in [1.54, 1.807) is 0 Å². The van der Waals surface area contributed by atoms with Crippen molar-refractivity contribution in [3.05, 3.63) is 0 Å². The van der Waals surface area contributed by atoms with E-state index >= 15 is 0 Å². The van der Waals surface area contributed by atoms with E-state index in [1.165, 1.54) is 25.9 Å². The SMILES string of the molecule is CC(C)N1CCCC(C2NC(C)(C)CO2)C1.Cl. The van der Waals surface area contributed by atoms with E-state index in [0.29, 0.717) is 12.0 Å². The standard InChI is InChI=1S/C13H26N2O.ClH/c1-10(2)15-7-5-6-11(8-15)12-14-13(3,4)9-16-12;/h10-12,14H,5-9H2,1-4H3;1H. The summed E-state index contributed by atoms with van der Waals surface area (Å²) in [5.74, 6) is 0.665. The van der Waals surface area contributed by atoms with Crippen LogP contribution in [0.2, 0.25) is 0 Å². The first kappa shape index (κ1) is 15.2. The molecule has 0 aliphatic carbocycles. The van der Waals surface area contributed by atoms with Gasteiger partial charge in [0.25, 0.3) is 0 Å². The zero-order valence-corrected chi connectivity index (χ0v) is 12.3. The second kappa shape index (κ2) is 5.87. The van der Waals surface area contributed by atoms with E-state index < -0.39 is 0 Å². The Bertz CT molecular complexity index is 246. The number of hydrogen-bond acceptors (Lipinski definition) is 3. The highest BCUT2D eigenvalue weighted by atomic mass is 35.5. The topological polar surface area (TPSA) is 24.5 Å². The molecule has 2 rings (SSSR count). The molecule has 0 bridgehead atoms. The average molecular weight is 263 g/mol. The molecular weight excluding hydrogens is 236 g/mol. The van der Waals surface area contributed by atoms with Crippen LogP contribution in [-0.4, -0.2) is 42.4 Å². The number of likely N-dealkylation sites (tertiary alicyclic amines) is 1. The zero-order chi connectivity index (χ0) is 11.8. The molecule has 1 N–H and O–H groups in total. The van der Waals surface area contributed by atoms with Gasteiger partial charge in [0, 0.05) is 24.0 Å². The van der Waals surface area contributed by atoms with Crippen molar-refractivity contribution in [3.63, 3.8) is 0 Å². The molecule has 0 aromatic carbocycles. The summed E-state index contributed by atoms with van der Waals surface area (Å²) in [4.78, 5) is 2.57. The number of nitrogens with one attached hydrogen (secondary N) is 1. The highest BCUT2D eigenvalue weighted by Gasteiger charge is 2.37. The predicted molar refractivity (Wildman–Crippen MR) is 73.6 cm³/mol. The molecule has 0 amide bonds. The van der Waals surface area contributed by atoms with Gasteiger partial charge in [-0.15, -0.1) is 12.4 Å². The summed E-state index contributed by atoms with van der Waals surface area (Å²) in [5, 5.41) is 3.61. The molecular formula is C13H27ClN2O. The van der Waals surface area contributed by atoms with Gasteiger partial charge in [-0.05, 0) is 47.1 Å². The van der Waals surface area contributed by atoms with Crippen LogP contribution < -0.4 is 5.32 Å². The van der Waals surface area contributed by atoms with Crippen molar-refractivity contribution in [1.29, 1.82) is 0 Å². The van der Waals surface area contributed by atoms with Gasteiger partial charge < -0.3 is 9.64 Å². The van der Waals surface area contributed by atoms with Crippen LogP contribution in [0.4, 0.5) is 0 Å². The fourth-order valence-corrected chi connectivity index (χ4v) is 2.78. The quantitative estimate of drug-likeness (QED) is 0.826. The van der Waals surface area contributed by atoms with Gasteiger partial charge in [0.05, 0.1) is 6.61 Å². The summed E-state index contributed by atoms with van der Waals surface area (Å²) < 4.78 is 5.90. The molecule has 0 spiro atoms. The van der Waals surface area contributed by atoms with Gasteiger partial charge in [-0.3, -0.25) is 5.32 Å². The molecule has 17 heavy (non-hydrogen) atoms. The van der Waals surface area contributed by atoms with Crippen LogP contribution in [0.1, 0.15) is 40.5 Å². The van der Waals surface area contributed by atoms with E-state index in [2.05, 4.69) is 37.9 Å². The number of hydrogen-bond donors (Lipinski definition) is 1. The van der Waals surface area contributed by atoms with Gasteiger partial charge in [0.1, 0.15) is 6.23 Å². The van der Waals surface area contributed by atoms with Crippen molar-refractivity contribution < 1.29 is 4.74 Å². The molecule has 0 aromatic heterocycles. The van der Waals surface area contributed by atoms with Crippen LogP contribution in [0.25, 0.3) is 0 Å². The van der Waals surface area contributed by atoms with Gasteiger partial charge >= 0.3 is 0 Å². The van der Waals surface area contributed by atoms with Crippen LogP contribution >= 0.6 is 12.4 Å². The third-order valence-electron chi connectivity index (χ3n) is 3.80. The predicted octanol–water partition coefficient (Wildman–Crippen LogP) is 2.25. The number of rotatable bonds is 2. The fourth-order valence-electron chi connectivity index (χ4n) is 2.78. The molecule has 2 heterocycles. The van der Waals surface area contributed by atoms with Gasteiger partial charge in [-0.1, -0.05) is 0 Å². The first-order valence-electron chi connectivity index (χ1n) is 6.61. The molecule has 2 aliphatic rings. The maximum Gasteiger partial charge on any atom is 0.112 e. The summed E-state index contributed by atoms with van der Waals surface area (Å²) in [6, 6.07) is 0.664. The maximum absolute atomic E-state index is 5.90. The Morgan fingerprint density at radius 3 is 2.59 bits per heavy atom. The summed E-state index contributed by atoms with van der Waals surface area (Å²) in [7, 11) is 0. The van der Waals surface area contributed by atoms with E-state index in [-0.39, 0.29) is 24.2 Å². The van der Waals surface area contributed by atoms with Crippen molar-refractivity contribution >= 4 is 12.4 Å². The minimum Gasteiger partial charge on any atom is -0.361 e. The van der Waals surface area contributed by atoms with Gasteiger partial charge in [0.2, 0.25) is 0 Å². The summed E-state index contributed by atoms with van der Waals surface area (Å²) in [6.07, 6.45) is 2.89. The molecule has 0 saturated carbocycles. The average Bonchev–Trinajstić information content (AvgIpc) is 2.59. The number of halogens is 1. The number of ether oxygens (including phenoxy) is 1. The van der Waals surface area contributed by atoms with Crippen molar-refractivity contribution in [2.24, 2.45) is 5.92 Å². The molecule has 0 aromatic rings. The normalized spacial score (nSPS) is 33.7. The molecule has 2 fully saturated rings. The summed E-state index contributed by atoms with van der Waals surface area (Å²) in [6.45, 7) is 12.3. The lowest BCUT2D eigenvalue weighted by atomic mass is 9.95. The van der Waals surface area contributed by atoms with E-state index in [9.17, 15) is 0 Å². The lowest BCUT2D eigenvalue weighted by Gasteiger charge is -2.37. The van der Waals surface area contributed by atoms with Gasteiger partial charge in [-0.2, -0.15) is 0 Å². The van der Waals surface area contributed by atoms with Gasteiger partial charge in [0.15, 0.2) is 0 Å². The number of nitrogens with zero attached hydrogens (tertiary/aromatic N) is 1. The van der Waals surface area contributed by atoms with Crippen LogP contribution in [0.3, 0.4) is 0 Å². The molecule has 2 atom stereocenters. The third kappa shape index (κ3) is 3.82. The second-order valence-corrected chi connectivity index (χ2v) is 6.25. The molecule has 2 saturated heterocycles. The Balaban J connectivity index is 0.00000144. The Morgan fingerprint density at radius 2 is 2.06 bits per heavy atom. The van der Waals surface area contributed by atoms with Gasteiger partial charge in [-0.25, -0.2) is 0 Å². The molecule has 102 valence electrons. The highest BCUT2D eigenvalue weighted by Crippen LogP contribution is 2.27. The van der Waals surface area contributed by atoms with Crippen LogP contribution in [0, 0.1) is 5.92 Å². The molecule has 4 heteroatoms. The summed E-state index contributed by atoms with van der Waals surface area (Å²) in [5.41, 5.74) is 0.158. The highest BCUT2D eigenvalue weighted by molar-refractivity contribution is 5.85. The first-order chi connectivity index (χ1) is 7.48. The third-order valence-corrected chi connectivity index (χ3v) is 3.80. The largest absolute Gasteiger partial charge is 0.361 e. The Labute approximate surface area is 112 Å². The van der Waals surface area contributed by atoms with E-state index in [0.717, 1.165) is 6.61 Å².